The fourth-order valence-electron chi connectivity index (χ4n) is 2.32. The average molecular weight is 402 g/mol. The molecule has 0 fully saturated rings. The van der Waals surface area contributed by atoms with Crippen molar-refractivity contribution >= 4 is 30.0 Å². The van der Waals surface area contributed by atoms with E-state index in [9.17, 15) is 4.79 Å². The molecular formula is C19H25Cl2NO4. The Morgan fingerprint density at radius 3 is 2.73 bits per heavy atom. The van der Waals surface area contributed by atoms with Gasteiger partial charge in [0, 0.05) is 18.8 Å². The minimum absolute atomic E-state index is 0. The minimum atomic E-state index is -0.993. The molecule has 0 bridgehead atoms. The summed E-state index contributed by atoms with van der Waals surface area (Å²) in [6, 6.07) is 8.23. The molecule has 5 nitrogen and oxygen atoms in total. The second-order valence-electron chi connectivity index (χ2n) is 5.76. The highest BCUT2D eigenvalue weighted by Crippen LogP contribution is 2.30. The predicted octanol–water partition coefficient (Wildman–Crippen LogP) is 5.02. The van der Waals surface area contributed by atoms with Gasteiger partial charge in [-0.25, -0.2) is 4.79 Å². The summed E-state index contributed by atoms with van der Waals surface area (Å²) in [5, 5.41) is 12.9. The zero-order valence-corrected chi connectivity index (χ0v) is 16.4. The molecule has 0 radical (unpaired) electrons. The topological polar surface area (TPSA) is 71.7 Å². The lowest BCUT2D eigenvalue weighted by molar-refractivity contribution is 0.0697. The van der Waals surface area contributed by atoms with Crippen molar-refractivity contribution in [2.45, 2.75) is 32.7 Å². The first-order chi connectivity index (χ1) is 12.1. The van der Waals surface area contributed by atoms with Crippen LogP contribution in [0, 0.1) is 0 Å². The molecule has 0 atom stereocenters. The summed E-state index contributed by atoms with van der Waals surface area (Å²) in [7, 11) is 0. The van der Waals surface area contributed by atoms with Crippen LogP contribution in [0.2, 0.25) is 5.02 Å². The number of nitrogens with one attached hydrogen (secondary N) is 1. The number of benzene rings is 1. The molecule has 0 saturated heterocycles. The van der Waals surface area contributed by atoms with Crippen LogP contribution in [-0.2, 0) is 11.3 Å². The summed E-state index contributed by atoms with van der Waals surface area (Å²) in [4.78, 5) is 11.1. The quantitative estimate of drug-likeness (QED) is 0.517. The highest BCUT2D eigenvalue weighted by Gasteiger charge is 2.12. The van der Waals surface area contributed by atoms with Gasteiger partial charge in [-0.15, -0.1) is 12.4 Å². The van der Waals surface area contributed by atoms with Crippen LogP contribution < -0.4 is 5.32 Å². The Kier molecular flexibility index (Phi) is 10.4. The third-order valence-electron chi connectivity index (χ3n) is 3.72. The molecule has 1 heterocycles. The minimum Gasteiger partial charge on any atom is -0.478 e. The van der Waals surface area contributed by atoms with E-state index in [-0.39, 0.29) is 18.0 Å². The molecule has 144 valence electrons. The van der Waals surface area contributed by atoms with Gasteiger partial charge in [0.25, 0.3) is 0 Å². The van der Waals surface area contributed by atoms with E-state index in [1.54, 1.807) is 12.1 Å². The van der Waals surface area contributed by atoms with E-state index in [1.165, 1.54) is 12.1 Å². The molecule has 1 aromatic heterocycles. The van der Waals surface area contributed by atoms with Gasteiger partial charge >= 0.3 is 5.97 Å². The Balaban J connectivity index is 0.00000338. The van der Waals surface area contributed by atoms with E-state index in [1.807, 2.05) is 6.07 Å². The summed E-state index contributed by atoms with van der Waals surface area (Å²) in [5.74, 6) is 0.346. The van der Waals surface area contributed by atoms with Crippen LogP contribution in [-0.4, -0.2) is 30.8 Å². The Morgan fingerprint density at radius 1 is 1.23 bits per heavy atom. The van der Waals surface area contributed by atoms with Crippen molar-refractivity contribution < 1.29 is 19.1 Å². The summed E-state index contributed by atoms with van der Waals surface area (Å²) in [5.41, 5.74) is 0.760. The van der Waals surface area contributed by atoms with Crippen molar-refractivity contribution in [2.24, 2.45) is 0 Å². The zero-order valence-electron chi connectivity index (χ0n) is 14.8. The Morgan fingerprint density at radius 2 is 2.00 bits per heavy atom. The van der Waals surface area contributed by atoms with E-state index >= 15 is 0 Å². The highest BCUT2D eigenvalue weighted by atomic mass is 35.5. The standard InChI is InChI=1S/C19H24ClNO4.ClH/c1-2-3-10-24-11-4-9-21-13-15-6-8-18(25-15)16-12-14(19(22)23)5-7-17(16)20;/h5-8,12,21H,2-4,9-11,13H2,1H3,(H,22,23);1H. The van der Waals surface area contributed by atoms with E-state index in [0.29, 0.717) is 22.9 Å². The highest BCUT2D eigenvalue weighted by molar-refractivity contribution is 6.33. The van der Waals surface area contributed by atoms with Crippen molar-refractivity contribution in [3.8, 4) is 11.3 Å². The van der Waals surface area contributed by atoms with Gasteiger partial charge in [-0.1, -0.05) is 24.9 Å². The third-order valence-corrected chi connectivity index (χ3v) is 4.05. The van der Waals surface area contributed by atoms with Gasteiger partial charge in [-0.2, -0.15) is 0 Å². The van der Waals surface area contributed by atoms with Crippen molar-refractivity contribution in [1.82, 2.24) is 5.32 Å². The van der Waals surface area contributed by atoms with Crippen LogP contribution in [0.25, 0.3) is 11.3 Å². The number of halogens is 2. The number of furan rings is 1. The fourth-order valence-corrected chi connectivity index (χ4v) is 2.53. The fraction of sp³-hybridized carbons (Fsp3) is 0.421. The maximum absolute atomic E-state index is 11.1. The van der Waals surface area contributed by atoms with E-state index in [4.69, 9.17) is 25.9 Å². The van der Waals surface area contributed by atoms with Crippen molar-refractivity contribution in [2.75, 3.05) is 19.8 Å². The Bertz CT molecular complexity index is 688. The first-order valence-corrected chi connectivity index (χ1v) is 8.90. The number of hydrogen-bond donors (Lipinski definition) is 2. The van der Waals surface area contributed by atoms with Gasteiger partial charge in [-0.3, -0.25) is 0 Å². The summed E-state index contributed by atoms with van der Waals surface area (Å²) in [6.45, 7) is 5.18. The predicted molar refractivity (Wildman–Crippen MR) is 105 cm³/mol. The SMILES string of the molecule is CCCCOCCCNCc1ccc(-c2cc(C(=O)O)ccc2Cl)o1.Cl. The van der Waals surface area contributed by atoms with Crippen LogP contribution >= 0.6 is 24.0 Å². The number of rotatable bonds is 11. The molecule has 2 rings (SSSR count). The second kappa shape index (κ2) is 12.0. The van der Waals surface area contributed by atoms with Crippen molar-refractivity contribution in [1.29, 1.82) is 0 Å². The second-order valence-corrected chi connectivity index (χ2v) is 6.17. The summed E-state index contributed by atoms with van der Waals surface area (Å²) < 4.78 is 11.3. The lowest BCUT2D eigenvalue weighted by Gasteiger charge is -2.05. The Hall–Kier alpha value is -1.53. The van der Waals surface area contributed by atoms with E-state index < -0.39 is 5.97 Å². The Labute approximate surface area is 165 Å². The number of carboxylic acids is 1. The molecule has 0 aliphatic carbocycles. The van der Waals surface area contributed by atoms with Crippen molar-refractivity contribution in [3.05, 3.63) is 46.7 Å². The van der Waals surface area contributed by atoms with E-state index in [2.05, 4.69) is 12.2 Å². The van der Waals surface area contributed by atoms with Crippen LogP contribution in [0.3, 0.4) is 0 Å². The van der Waals surface area contributed by atoms with E-state index in [0.717, 1.165) is 44.8 Å². The molecular weight excluding hydrogens is 377 g/mol. The lowest BCUT2D eigenvalue weighted by Crippen LogP contribution is -2.16. The number of carbonyl (C=O) groups is 1. The third kappa shape index (κ3) is 7.00. The summed E-state index contributed by atoms with van der Waals surface area (Å²) in [6.07, 6.45) is 3.20. The molecule has 0 saturated carbocycles. The van der Waals surface area contributed by atoms with Crippen LogP contribution in [0.4, 0.5) is 0 Å². The zero-order chi connectivity index (χ0) is 18.1. The molecule has 0 unspecified atom stereocenters. The maximum atomic E-state index is 11.1. The molecule has 0 amide bonds. The number of hydrogen-bond acceptors (Lipinski definition) is 4. The molecule has 0 aliphatic rings. The van der Waals surface area contributed by atoms with Crippen LogP contribution in [0.15, 0.2) is 34.7 Å². The molecule has 0 spiro atoms. The van der Waals surface area contributed by atoms with Gasteiger partial charge in [0.2, 0.25) is 0 Å². The number of unbranched alkanes of at least 4 members (excludes halogenated alkanes) is 1. The smallest absolute Gasteiger partial charge is 0.335 e. The van der Waals surface area contributed by atoms with Crippen LogP contribution in [0.5, 0.6) is 0 Å². The van der Waals surface area contributed by atoms with Gasteiger partial charge in [-0.05, 0) is 49.7 Å². The lowest BCUT2D eigenvalue weighted by atomic mass is 10.1. The van der Waals surface area contributed by atoms with Gasteiger partial charge in [0.15, 0.2) is 0 Å². The van der Waals surface area contributed by atoms with Gasteiger partial charge < -0.3 is 19.6 Å². The average Bonchev–Trinajstić information content (AvgIpc) is 3.06. The largest absolute Gasteiger partial charge is 0.478 e. The van der Waals surface area contributed by atoms with Gasteiger partial charge in [0.05, 0.1) is 17.1 Å². The normalized spacial score (nSPS) is 10.5. The maximum Gasteiger partial charge on any atom is 0.335 e. The molecule has 7 heteroatoms. The molecule has 0 aliphatic heterocycles. The first kappa shape index (κ1) is 22.5. The molecule has 1 aromatic carbocycles. The molecule has 2 N–H and O–H groups in total. The summed E-state index contributed by atoms with van der Waals surface area (Å²) >= 11 is 6.16. The monoisotopic (exact) mass is 401 g/mol. The molecule has 2 aromatic rings. The van der Waals surface area contributed by atoms with Gasteiger partial charge in [0.1, 0.15) is 11.5 Å². The number of carboxylic acid groups (broad SMARTS) is 1. The number of aromatic carboxylic acids is 1. The van der Waals surface area contributed by atoms with Crippen molar-refractivity contribution in [3.63, 3.8) is 0 Å². The first-order valence-electron chi connectivity index (χ1n) is 8.52. The van der Waals surface area contributed by atoms with Crippen LogP contribution in [0.1, 0.15) is 42.3 Å². The molecule has 26 heavy (non-hydrogen) atoms. The number of ether oxygens (including phenoxy) is 1.